The zero-order valence-electron chi connectivity index (χ0n) is 13.4. The number of aryl methyl sites for hydroxylation is 1. The van der Waals surface area contributed by atoms with Gasteiger partial charge in [-0.2, -0.15) is 5.10 Å². The number of halogens is 1. The molecule has 1 aliphatic rings. The van der Waals surface area contributed by atoms with Gasteiger partial charge in [-0.15, -0.1) is 0 Å². The first kappa shape index (κ1) is 17.0. The molecule has 1 atom stereocenters. The lowest BCUT2D eigenvalue weighted by molar-refractivity contribution is 0.0641. The van der Waals surface area contributed by atoms with Crippen molar-refractivity contribution in [1.82, 2.24) is 9.78 Å². The summed E-state index contributed by atoms with van der Waals surface area (Å²) in [4.78, 5) is 0. The van der Waals surface area contributed by atoms with E-state index in [9.17, 15) is 5.11 Å². The van der Waals surface area contributed by atoms with Crippen molar-refractivity contribution in [3.63, 3.8) is 0 Å². The average molecular weight is 357 g/mol. The van der Waals surface area contributed by atoms with Crippen LogP contribution >= 0.6 is 15.9 Å². The van der Waals surface area contributed by atoms with Crippen LogP contribution in [0.2, 0.25) is 0 Å². The second-order valence-corrected chi connectivity index (χ2v) is 7.32. The zero-order valence-corrected chi connectivity index (χ0v) is 15.0. The minimum absolute atomic E-state index is 0.374. The highest BCUT2D eigenvalue weighted by molar-refractivity contribution is 9.10. The van der Waals surface area contributed by atoms with Crippen molar-refractivity contribution in [2.45, 2.75) is 77.9 Å². The molecule has 0 amide bonds. The number of unbranched alkanes of at least 4 members (excludes halogenated alkanes) is 1. The van der Waals surface area contributed by atoms with E-state index in [1.54, 1.807) is 0 Å². The largest absolute Gasteiger partial charge is 0.386 e. The molecule has 0 spiro atoms. The molecule has 1 aliphatic carbocycles. The maximum atomic E-state index is 10.8. The van der Waals surface area contributed by atoms with Crippen molar-refractivity contribution in [3.8, 4) is 0 Å². The number of aromatic nitrogens is 2. The molecule has 0 aromatic carbocycles. The first-order valence-corrected chi connectivity index (χ1v) is 9.35. The van der Waals surface area contributed by atoms with Crippen molar-refractivity contribution in [3.05, 3.63) is 16.4 Å². The van der Waals surface area contributed by atoms with Gasteiger partial charge in [-0.05, 0) is 47.0 Å². The van der Waals surface area contributed by atoms with E-state index in [1.165, 1.54) is 32.1 Å². The molecule has 0 bridgehead atoms. The summed E-state index contributed by atoms with van der Waals surface area (Å²) in [6.07, 6.45) is 11.4. The lowest BCUT2D eigenvalue weighted by Gasteiger charge is -2.32. The first-order chi connectivity index (χ1) is 10.2. The van der Waals surface area contributed by atoms with Crippen LogP contribution in [-0.2, 0) is 6.54 Å². The Morgan fingerprint density at radius 3 is 2.62 bits per heavy atom. The van der Waals surface area contributed by atoms with E-state index < -0.39 is 0 Å². The Labute approximate surface area is 137 Å². The summed E-state index contributed by atoms with van der Waals surface area (Å²) in [5.74, 6) is 1.28. The highest BCUT2D eigenvalue weighted by Gasteiger charge is 2.30. The smallest absolute Gasteiger partial charge is 0.0996 e. The Hall–Kier alpha value is -0.350. The number of aliphatic hydroxyl groups excluding tert-OH is 1. The monoisotopic (exact) mass is 356 g/mol. The molecule has 1 N–H and O–H groups in total. The summed E-state index contributed by atoms with van der Waals surface area (Å²) in [6.45, 7) is 5.29. The highest BCUT2D eigenvalue weighted by atomic mass is 79.9. The van der Waals surface area contributed by atoms with E-state index in [-0.39, 0.29) is 6.10 Å². The zero-order chi connectivity index (χ0) is 15.2. The maximum absolute atomic E-state index is 10.8. The molecule has 0 radical (unpaired) electrons. The second-order valence-electron chi connectivity index (χ2n) is 6.47. The third kappa shape index (κ3) is 4.32. The normalized spacial score (nSPS) is 24.2. The van der Waals surface area contributed by atoms with Crippen LogP contribution in [0.5, 0.6) is 0 Å². The Morgan fingerprint density at radius 1 is 1.29 bits per heavy atom. The molecular formula is C17H29BrN2O. The van der Waals surface area contributed by atoms with Crippen LogP contribution in [0.15, 0.2) is 10.7 Å². The van der Waals surface area contributed by atoms with Crippen molar-refractivity contribution in [2.24, 2.45) is 11.8 Å². The van der Waals surface area contributed by atoms with Crippen LogP contribution in [0.4, 0.5) is 0 Å². The summed E-state index contributed by atoms with van der Waals surface area (Å²) in [6, 6.07) is 0. The fraction of sp³-hybridized carbons (Fsp3) is 0.824. The molecule has 1 aromatic heterocycles. The number of nitrogens with zero attached hydrogens (tertiary/aromatic N) is 2. The molecule has 0 aliphatic heterocycles. The SMILES string of the molecule is CCCCC1CCC(C(O)c2c(Br)cnn2CCC)CC1. The van der Waals surface area contributed by atoms with Crippen LogP contribution in [0.1, 0.15) is 77.0 Å². The summed E-state index contributed by atoms with van der Waals surface area (Å²) in [5.41, 5.74) is 0.980. The summed E-state index contributed by atoms with van der Waals surface area (Å²) < 4.78 is 2.93. The molecule has 21 heavy (non-hydrogen) atoms. The molecule has 1 saturated carbocycles. The summed E-state index contributed by atoms with van der Waals surface area (Å²) >= 11 is 3.56. The molecule has 4 heteroatoms. The number of hydrogen-bond donors (Lipinski definition) is 1. The Bertz CT molecular complexity index is 424. The molecule has 3 nitrogen and oxygen atoms in total. The minimum Gasteiger partial charge on any atom is -0.386 e. The van der Waals surface area contributed by atoms with E-state index in [0.717, 1.165) is 41.9 Å². The third-order valence-corrected chi connectivity index (χ3v) is 5.46. The van der Waals surface area contributed by atoms with Crippen LogP contribution in [0.25, 0.3) is 0 Å². The van der Waals surface area contributed by atoms with Gasteiger partial charge in [0.25, 0.3) is 0 Å². The summed E-state index contributed by atoms with van der Waals surface area (Å²) in [5, 5.41) is 15.2. The Morgan fingerprint density at radius 2 is 2.00 bits per heavy atom. The van der Waals surface area contributed by atoms with E-state index in [2.05, 4.69) is 34.9 Å². The van der Waals surface area contributed by atoms with Gasteiger partial charge < -0.3 is 5.11 Å². The predicted molar refractivity (Wildman–Crippen MR) is 90.2 cm³/mol. The number of aliphatic hydroxyl groups is 1. The van der Waals surface area contributed by atoms with Gasteiger partial charge in [0.15, 0.2) is 0 Å². The number of hydrogen-bond acceptors (Lipinski definition) is 2. The fourth-order valence-corrected chi connectivity index (χ4v) is 4.10. The first-order valence-electron chi connectivity index (χ1n) is 8.56. The predicted octanol–water partition coefficient (Wildman–Crippen LogP) is 5.09. The van der Waals surface area contributed by atoms with Crippen LogP contribution in [0, 0.1) is 11.8 Å². The summed E-state index contributed by atoms with van der Waals surface area (Å²) in [7, 11) is 0. The van der Waals surface area contributed by atoms with Gasteiger partial charge in [0.2, 0.25) is 0 Å². The molecule has 1 heterocycles. The topological polar surface area (TPSA) is 38.1 Å². The molecule has 1 aromatic rings. The maximum Gasteiger partial charge on any atom is 0.0996 e. The van der Waals surface area contributed by atoms with Gasteiger partial charge in [-0.3, -0.25) is 4.68 Å². The third-order valence-electron chi connectivity index (χ3n) is 4.85. The van der Waals surface area contributed by atoms with Crippen molar-refractivity contribution >= 4 is 15.9 Å². The van der Waals surface area contributed by atoms with Crippen LogP contribution in [-0.4, -0.2) is 14.9 Å². The minimum atomic E-state index is -0.374. The fourth-order valence-electron chi connectivity index (χ4n) is 3.56. The molecule has 1 fully saturated rings. The van der Waals surface area contributed by atoms with Gasteiger partial charge in [0, 0.05) is 6.54 Å². The molecule has 0 saturated heterocycles. The molecule has 2 rings (SSSR count). The van der Waals surface area contributed by atoms with Gasteiger partial charge in [0.1, 0.15) is 0 Å². The van der Waals surface area contributed by atoms with E-state index in [4.69, 9.17) is 0 Å². The standard InChI is InChI=1S/C17H29BrN2O/c1-3-5-6-13-7-9-14(10-8-13)17(21)16-15(18)12-19-20(16)11-4-2/h12-14,17,21H,3-11H2,1-2H3. The van der Waals surface area contributed by atoms with E-state index >= 15 is 0 Å². The highest BCUT2D eigenvalue weighted by Crippen LogP contribution is 2.40. The van der Waals surface area contributed by atoms with Gasteiger partial charge in [0.05, 0.1) is 22.5 Å². The van der Waals surface area contributed by atoms with Gasteiger partial charge in [-0.1, -0.05) is 46.0 Å². The second kappa shape index (κ2) is 8.33. The quantitative estimate of drug-likeness (QED) is 0.738. The van der Waals surface area contributed by atoms with Gasteiger partial charge in [-0.25, -0.2) is 0 Å². The van der Waals surface area contributed by atoms with E-state index in [0.29, 0.717) is 5.92 Å². The van der Waals surface area contributed by atoms with Crippen LogP contribution in [0.3, 0.4) is 0 Å². The Balaban J connectivity index is 1.95. The number of rotatable bonds is 7. The molecule has 120 valence electrons. The lowest BCUT2D eigenvalue weighted by Crippen LogP contribution is -2.23. The van der Waals surface area contributed by atoms with Crippen molar-refractivity contribution in [1.29, 1.82) is 0 Å². The lowest BCUT2D eigenvalue weighted by atomic mass is 9.77. The average Bonchev–Trinajstić information content (AvgIpc) is 2.86. The molecule has 1 unspecified atom stereocenters. The van der Waals surface area contributed by atoms with Crippen molar-refractivity contribution in [2.75, 3.05) is 0 Å². The van der Waals surface area contributed by atoms with E-state index in [1.807, 2.05) is 10.9 Å². The molecular weight excluding hydrogens is 328 g/mol. The van der Waals surface area contributed by atoms with Crippen LogP contribution < -0.4 is 0 Å². The Kier molecular flexibility index (Phi) is 6.74. The van der Waals surface area contributed by atoms with Crippen molar-refractivity contribution < 1.29 is 5.11 Å². The van der Waals surface area contributed by atoms with Gasteiger partial charge >= 0.3 is 0 Å².